The molecule has 52 heavy (non-hydrogen) atoms. The Kier molecular flexibility index (Phi) is 9.58. The second-order valence-corrected chi connectivity index (χ2v) is 11.3. The molecule has 0 radical (unpaired) electrons. The number of halogens is 12. The van der Waals surface area contributed by atoms with Crippen LogP contribution in [0.25, 0.3) is 0 Å². The van der Waals surface area contributed by atoms with E-state index in [0.29, 0.717) is 36.4 Å². The van der Waals surface area contributed by atoms with Gasteiger partial charge in [-0.15, -0.1) is 0 Å². The fraction of sp³-hybridized carbons (Fsp3) is 0.167. The van der Waals surface area contributed by atoms with Gasteiger partial charge in [0.25, 0.3) is 0 Å². The first kappa shape index (κ1) is 37.7. The minimum absolute atomic E-state index is 0.0745. The van der Waals surface area contributed by atoms with Crippen LogP contribution in [0, 0.1) is 0 Å². The van der Waals surface area contributed by atoms with Gasteiger partial charge in [0.1, 0.15) is 23.0 Å². The van der Waals surface area contributed by atoms with E-state index in [2.05, 4.69) is 0 Å². The summed E-state index contributed by atoms with van der Waals surface area (Å²) in [7, 11) is 0. The molecule has 0 saturated heterocycles. The number of benzene rings is 5. The van der Waals surface area contributed by atoms with E-state index in [4.69, 9.17) is 20.9 Å². The molecule has 0 heterocycles. The molecule has 0 amide bonds. The van der Waals surface area contributed by atoms with Crippen molar-refractivity contribution < 1.29 is 62.2 Å². The van der Waals surface area contributed by atoms with Crippen molar-refractivity contribution in [1.29, 1.82) is 0 Å². The molecular weight excluding hydrogens is 720 g/mol. The lowest BCUT2D eigenvalue weighted by Crippen LogP contribution is -2.60. The zero-order valence-electron chi connectivity index (χ0n) is 26.1. The molecule has 0 spiro atoms. The number of para-hydroxylation sites is 6. The predicted octanol–water partition coefficient (Wildman–Crippen LogP) is 11.3. The second-order valence-electron chi connectivity index (χ2n) is 11.3. The molecule has 5 aromatic carbocycles. The summed E-state index contributed by atoms with van der Waals surface area (Å²) in [6.07, 6.45) is -26.7. The summed E-state index contributed by atoms with van der Waals surface area (Å²) in [5.74, 6) is -3.32. The van der Waals surface area contributed by atoms with Gasteiger partial charge in [-0.2, -0.15) is 52.7 Å². The summed E-state index contributed by atoms with van der Waals surface area (Å²) < 4.78 is 198. The van der Waals surface area contributed by atoms with Gasteiger partial charge >= 0.3 is 24.7 Å². The standard InChI is InChI=1S/C36H24F12N2O2/c37-33(38,39)31(34(40,41)42,23-13-3-7-17-27(23)51-29-19-9-5-15-25(29)49)21-11-1-2-12-22(21)32(35(43,44)45,36(46,47)48)24-14-4-8-18-28(24)52-30-20-10-6-16-26(30)50/h1-20H,49-50H2. The van der Waals surface area contributed by atoms with Crippen LogP contribution in [0.2, 0.25) is 0 Å². The predicted molar refractivity (Wildman–Crippen MR) is 167 cm³/mol. The molecule has 5 aromatic rings. The molecule has 0 atom stereocenters. The number of anilines is 2. The third kappa shape index (κ3) is 6.09. The quantitative estimate of drug-likeness (QED) is 0.123. The monoisotopic (exact) mass is 744 g/mol. The molecule has 5 rings (SSSR count). The highest BCUT2D eigenvalue weighted by Crippen LogP contribution is 2.65. The van der Waals surface area contributed by atoms with Crippen molar-refractivity contribution in [3.05, 3.63) is 144 Å². The van der Waals surface area contributed by atoms with Crippen LogP contribution in [0.1, 0.15) is 22.3 Å². The molecule has 0 bridgehead atoms. The minimum Gasteiger partial charge on any atom is -0.455 e. The number of alkyl halides is 12. The Labute approximate surface area is 287 Å². The third-order valence-electron chi connectivity index (χ3n) is 8.30. The summed E-state index contributed by atoms with van der Waals surface area (Å²) in [6, 6.07) is 15.7. The lowest BCUT2D eigenvalue weighted by atomic mass is 9.63. The fourth-order valence-electron chi connectivity index (χ4n) is 6.09. The third-order valence-corrected chi connectivity index (χ3v) is 8.30. The van der Waals surface area contributed by atoms with Gasteiger partial charge < -0.3 is 20.9 Å². The maximum Gasteiger partial charge on any atom is 0.411 e. The molecule has 16 heteroatoms. The first-order valence-corrected chi connectivity index (χ1v) is 14.8. The number of rotatable bonds is 8. The van der Waals surface area contributed by atoms with Crippen molar-refractivity contribution in [3.8, 4) is 23.0 Å². The van der Waals surface area contributed by atoms with Crippen LogP contribution in [0.5, 0.6) is 23.0 Å². The molecule has 0 aliphatic carbocycles. The van der Waals surface area contributed by atoms with Crippen LogP contribution >= 0.6 is 0 Å². The first-order valence-electron chi connectivity index (χ1n) is 14.8. The normalized spacial score (nSPS) is 13.2. The summed E-state index contributed by atoms with van der Waals surface area (Å²) in [5, 5.41) is 0. The fourth-order valence-corrected chi connectivity index (χ4v) is 6.09. The molecule has 4 N–H and O–H groups in total. The summed E-state index contributed by atoms with van der Waals surface area (Å²) in [6.45, 7) is 0. The van der Waals surface area contributed by atoms with Gasteiger partial charge in [0.05, 0.1) is 11.4 Å². The van der Waals surface area contributed by atoms with E-state index in [1.54, 1.807) is 0 Å². The van der Waals surface area contributed by atoms with Crippen LogP contribution in [-0.2, 0) is 10.8 Å². The molecular formula is C36H24F12N2O2. The van der Waals surface area contributed by atoms with E-state index >= 15 is 52.7 Å². The molecule has 0 aromatic heterocycles. The largest absolute Gasteiger partial charge is 0.455 e. The number of nitrogens with two attached hydrogens (primary N) is 2. The zero-order chi connectivity index (χ0) is 38.3. The molecule has 0 saturated carbocycles. The van der Waals surface area contributed by atoms with Crippen LogP contribution < -0.4 is 20.9 Å². The number of ether oxygens (including phenoxy) is 2. The van der Waals surface area contributed by atoms with Gasteiger partial charge in [0, 0.05) is 11.1 Å². The van der Waals surface area contributed by atoms with E-state index in [0.717, 1.165) is 24.3 Å². The van der Waals surface area contributed by atoms with E-state index in [1.165, 1.54) is 36.4 Å². The van der Waals surface area contributed by atoms with Crippen molar-refractivity contribution in [3.63, 3.8) is 0 Å². The number of hydrogen-bond acceptors (Lipinski definition) is 4. The Morgan fingerprint density at radius 1 is 0.308 bits per heavy atom. The van der Waals surface area contributed by atoms with Crippen molar-refractivity contribution in [2.45, 2.75) is 35.5 Å². The molecule has 0 aliphatic rings. The Balaban J connectivity index is 1.96. The highest BCUT2D eigenvalue weighted by Gasteiger charge is 2.79. The lowest BCUT2D eigenvalue weighted by molar-refractivity contribution is -0.298. The summed E-state index contributed by atoms with van der Waals surface area (Å²) >= 11 is 0. The van der Waals surface area contributed by atoms with Gasteiger partial charge in [-0.3, -0.25) is 0 Å². The van der Waals surface area contributed by atoms with Gasteiger partial charge in [-0.05, 0) is 47.5 Å². The highest BCUT2D eigenvalue weighted by molar-refractivity contribution is 5.62. The topological polar surface area (TPSA) is 70.5 Å². The molecule has 4 nitrogen and oxygen atoms in total. The first-order chi connectivity index (χ1) is 24.2. The highest BCUT2D eigenvalue weighted by atomic mass is 19.4. The smallest absolute Gasteiger partial charge is 0.411 e. The number of nitrogen functional groups attached to an aromatic ring is 2. The minimum atomic E-state index is -6.67. The van der Waals surface area contributed by atoms with Crippen molar-refractivity contribution in [1.82, 2.24) is 0 Å². The van der Waals surface area contributed by atoms with E-state index in [9.17, 15) is 0 Å². The van der Waals surface area contributed by atoms with Crippen LogP contribution in [0.4, 0.5) is 64.1 Å². The Bertz CT molecular complexity index is 1880. The van der Waals surface area contributed by atoms with Crippen molar-refractivity contribution in [2.75, 3.05) is 11.5 Å². The Hall–Kier alpha value is -5.54. The van der Waals surface area contributed by atoms with Crippen molar-refractivity contribution >= 4 is 11.4 Å². The maximum atomic E-state index is 15.6. The average molecular weight is 745 g/mol. The van der Waals surface area contributed by atoms with E-state index in [1.807, 2.05) is 0 Å². The average Bonchev–Trinajstić information content (AvgIpc) is 3.03. The van der Waals surface area contributed by atoms with E-state index < -0.39 is 80.8 Å². The van der Waals surface area contributed by atoms with Gasteiger partial charge in [-0.25, -0.2) is 0 Å². The Morgan fingerprint density at radius 3 is 0.808 bits per heavy atom. The second kappa shape index (κ2) is 13.2. The molecule has 274 valence electrons. The molecule has 0 fully saturated rings. The summed E-state index contributed by atoms with van der Waals surface area (Å²) in [4.78, 5) is 0. The molecule has 0 unspecified atom stereocenters. The van der Waals surface area contributed by atoms with Crippen LogP contribution in [-0.4, -0.2) is 24.7 Å². The van der Waals surface area contributed by atoms with E-state index in [-0.39, 0.29) is 35.6 Å². The van der Waals surface area contributed by atoms with Crippen LogP contribution in [0.15, 0.2) is 121 Å². The maximum absolute atomic E-state index is 15.6. The van der Waals surface area contributed by atoms with Gasteiger partial charge in [-0.1, -0.05) is 84.9 Å². The van der Waals surface area contributed by atoms with Crippen LogP contribution in [0.3, 0.4) is 0 Å². The summed E-state index contributed by atoms with van der Waals surface area (Å²) in [5.41, 5.74) is -8.71. The zero-order valence-corrected chi connectivity index (χ0v) is 26.1. The van der Waals surface area contributed by atoms with Gasteiger partial charge in [0.2, 0.25) is 10.8 Å². The Morgan fingerprint density at radius 2 is 0.538 bits per heavy atom. The number of hydrogen-bond donors (Lipinski definition) is 2. The molecule has 0 aliphatic heterocycles. The SMILES string of the molecule is Nc1ccccc1Oc1ccccc1C(c1ccccc1C(c1ccccc1Oc1ccccc1N)(C(F)(F)F)C(F)(F)F)(C(F)(F)F)C(F)(F)F. The van der Waals surface area contributed by atoms with Gasteiger partial charge in [0.15, 0.2) is 0 Å². The lowest BCUT2D eigenvalue weighted by Gasteiger charge is -2.45. The van der Waals surface area contributed by atoms with Crippen molar-refractivity contribution in [2.24, 2.45) is 0 Å².